The molecule has 2 N–H and O–H groups in total. The number of nitrogens with two attached hydrogens (primary N) is 1. The van der Waals surface area contributed by atoms with Crippen molar-refractivity contribution in [3.63, 3.8) is 0 Å². The topological polar surface area (TPSA) is 52.0 Å². The number of oxazole rings is 1. The minimum Gasteiger partial charge on any atom is -0.441 e. The molecule has 0 spiro atoms. The van der Waals surface area contributed by atoms with Gasteiger partial charge in [0.2, 0.25) is 0 Å². The van der Waals surface area contributed by atoms with Gasteiger partial charge in [-0.2, -0.15) is 11.3 Å². The third kappa shape index (κ3) is 1.71. The van der Waals surface area contributed by atoms with Gasteiger partial charge in [0.05, 0.1) is 6.20 Å². The van der Waals surface area contributed by atoms with Crippen LogP contribution in [0.2, 0.25) is 0 Å². The Labute approximate surface area is 86.6 Å². The number of thiophene rings is 1. The molecule has 0 saturated carbocycles. The van der Waals surface area contributed by atoms with Crippen molar-refractivity contribution >= 4 is 11.3 Å². The Morgan fingerprint density at radius 3 is 3.00 bits per heavy atom. The smallest absolute Gasteiger partial charge is 0.196 e. The quantitative estimate of drug-likeness (QED) is 0.841. The predicted octanol–water partition coefficient (Wildman–Crippen LogP) is 2.21. The third-order valence-corrected chi connectivity index (χ3v) is 2.89. The molecule has 0 atom stereocenters. The zero-order valence-electron chi connectivity index (χ0n) is 7.99. The maximum atomic E-state index is 5.56. The number of nitrogens with zero attached hydrogens (tertiary/aromatic N) is 1. The second kappa shape index (κ2) is 3.94. The van der Waals surface area contributed by atoms with Crippen molar-refractivity contribution < 1.29 is 4.42 Å². The lowest BCUT2D eigenvalue weighted by Crippen LogP contribution is -2.02. The van der Waals surface area contributed by atoms with E-state index in [1.54, 1.807) is 17.5 Å². The largest absolute Gasteiger partial charge is 0.441 e. The maximum Gasteiger partial charge on any atom is 0.196 e. The van der Waals surface area contributed by atoms with Crippen molar-refractivity contribution in [1.29, 1.82) is 0 Å². The van der Waals surface area contributed by atoms with Crippen molar-refractivity contribution in [2.24, 2.45) is 5.73 Å². The van der Waals surface area contributed by atoms with E-state index in [0.29, 0.717) is 18.9 Å². The van der Waals surface area contributed by atoms with Crippen LogP contribution in [0.1, 0.15) is 11.5 Å². The highest BCUT2D eigenvalue weighted by atomic mass is 32.1. The average molecular weight is 208 g/mol. The van der Waals surface area contributed by atoms with E-state index in [0.717, 1.165) is 11.3 Å². The summed E-state index contributed by atoms with van der Waals surface area (Å²) < 4.78 is 5.56. The first-order valence-electron chi connectivity index (χ1n) is 4.49. The Balaban J connectivity index is 2.29. The van der Waals surface area contributed by atoms with Crippen molar-refractivity contribution in [3.8, 4) is 11.3 Å². The summed E-state index contributed by atoms with van der Waals surface area (Å²) in [4.78, 5) is 4.16. The zero-order valence-corrected chi connectivity index (χ0v) is 8.80. The molecule has 14 heavy (non-hydrogen) atoms. The summed E-state index contributed by atoms with van der Waals surface area (Å²) in [7, 11) is 0. The Hall–Kier alpha value is -1.13. The van der Waals surface area contributed by atoms with Gasteiger partial charge in [-0.1, -0.05) is 0 Å². The molecule has 0 aliphatic rings. The molecule has 3 nitrogen and oxygen atoms in total. The van der Waals surface area contributed by atoms with E-state index in [4.69, 9.17) is 10.2 Å². The highest BCUT2D eigenvalue weighted by Gasteiger charge is 2.08. The molecule has 0 aliphatic heterocycles. The number of aromatic nitrogens is 1. The van der Waals surface area contributed by atoms with E-state index < -0.39 is 0 Å². The highest BCUT2D eigenvalue weighted by Crippen LogP contribution is 2.27. The lowest BCUT2D eigenvalue weighted by molar-refractivity contribution is 0.508. The summed E-state index contributed by atoms with van der Waals surface area (Å²) in [5.74, 6) is 1.56. The third-order valence-electron chi connectivity index (χ3n) is 2.03. The van der Waals surface area contributed by atoms with Crippen molar-refractivity contribution in [2.75, 3.05) is 6.54 Å². The van der Waals surface area contributed by atoms with Gasteiger partial charge in [-0.05, 0) is 17.9 Å². The van der Waals surface area contributed by atoms with E-state index in [9.17, 15) is 0 Å². The molecular weight excluding hydrogens is 196 g/mol. The Morgan fingerprint density at radius 2 is 2.36 bits per heavy atom. The van der Waals surface area contributed by atoms with E-state index in [2.05, 4.69) is 22.7 Å². The number of rotatable bonds is 3. The Kier molecular flexibility index (Phi) is 2.65. The second-order valence-corrected chi connectivity index (χ2v) is 3.87. The van der Waals surface area contributed by atoms with Crippen LogP contribution in [0.15, 0.2) is 21.4 Å². The summed E-state index contributed by atoms with van der Waals surface area (Å²) in [6, 6.07) is 0. The molecule has 0 saturated heterocycles. The zero-order chi connectivity index (χ0) is 9.97. The maximum absolute atomic E-state index is 5.56. The second-order valence-electron chi connectivity index (χ2n) is 3.13. The minimum absolute atomic E-state index is 0.572. The van der Waals surface area contributed by atoms with Gasteiger partial charge in [0.1, 0.15) is 0 Å². The summed E-state index contributed by atoms with van der Waals surface area (Å²) in [6.45, 7) is 2.64. The van der Waals surface area contributed by atoms with Gasteiger partial charge in [-0.3, -0.25) is 0 Å². The van der Waals surface area contributed by atoms with Crippen LogP contribution in [0, 0.1) is 6.92 Å². The van der Waals surface area contributed by atoms with Crippen LogP contribution in [-0.2, 0) is 6.42 Å². The van der Waals surface area contributed by atoms with Crippen molar-refractivity contribution in [1.82, 2.24) is 4.98 Å². The molecular formula is C10H12N2OS. The molecule has 0 aliphatic carbocycles. The van der Waals surface area contributed by atoms with E-state index in [1.165, 1.54) is 5.56 Å². The van der Waals surface area contributed by atoms with Crippen molar-refractivity contribution in [3.05, 3.63) is 28.4 Å². The normalized spacial score (nSPS) is 10.7. The van der Waals surface area contributed by atoms with Gasteiger partial charge < -0.3 is 10.2 Å². The fraction of sp³-hybridized carbons (Fsp3) is 0.300. The van der Waals surface area contributed by atoms with Crippen LogP contribution in [0.4, 0.5) is 0 Å². The van der Waals surface area contributed by atoms with Gasteiger partial charge in [-0.15, -0.1) is 0 Å². The first-order valence-corrected chi connectivity index (χ1v) is 5.43. The number of hydrogen-bond donors (Lipinski definition) is 1. The summed E-state index contributed by atoms with van der Waals surface area (Å²) in [5.41, 5.74) is 7.78. The van der Waals surface area contributed by atoms with Crippen molar-refractivity contribution in [2.45, 2.75) is 13.3 Å². The van der Waals surface area contributed by atoms with Crippen LogP contribution in [0.25, 0.3) is 11.3 Å². The molecule has 2 heterocycles. The lowest BCUT2D eigenvalue weighted by Gasteiger charge is -1.93. The van der Waals surface area contributed by atoms with Gasteiger partial charge in [0.25, 0.3) is 0 Å². The van der Waals surface area contributed by atoms with E-state index in [-0.39, 0.29) is 0 Å². The molecule has 0 unspecified atom stereocenters. The first-order chi connectivity index (χ1) is 6.81. The SMILES string of the molecule is Cc1cscc1-c1cnc(CCN)o1. The van der Waals surface area contributed by atoms with Crippen LogP contribution < -0.4 is 5.73 Å². The number of hydrogen-bond acceptors (Lipinski definition) is 4. The first kappa shape index (κ1) is 9.43. The van der Waals surface area contributed by atoms with Gasteiger partial charge in [-0.25, -0.2) is 4.98 Å². The molecule has 0 bridgehead atoms. The van der Waals surface area contributed by atoms with Gasteiger partial charge in [0, 0.05) is 23.9 Å². The molecule has 4 heteroatoms. The Morgan fingerprint density at radius 1 is 1.50 bits per heavy atom. The van der Waals surface area contributed by atoms with Crippen LogP contribution in [0.3, 0.4) is 0 Å². The molecule has 2 aromatic heterocycles. The van der Waals surface area contributed by atoms with E-state index >= 15 is 0 Å². The predicted molar refractivity (Wildman–Crippen MR) is 57.3 cm³/mol. The lowest BCUT2D eigenvalue weighted by atomic mass is 10.2. The molecule has 0 aromatic carbocycles. The summed E-state index contributed by atoms with van der Waals surface area (Å²) >= 11 is 1.67. The summed E-state index contributed by atoms with van der Waals surface area (Å²) in [5, 5.41) is 4.17. The minimum atomic E-state index is 0.572. The van der Waals surface area contributed by atoms with Gasteiger partial charge >= 0.3 is 0 Å². The molecule has 2 aromatic rings. The monoisotopic (exact) mass is 208 g/mol. The fourth-order valence-electron chi connectivity index (χ4n) is 1.29. The molecule has 0 amide bonds. The summed E-state index contributed by atoms with van der Waals surface area (Å²) in [6.07, 6.45) is 2.46. The van der Waals surface area contributed by atoms with Crippen LogP contribution in [0.5, 0.6) is 0 Å². The van der Waals surface area contributed by atoms with Crippen LogP contribution in [-0.4, -0.2) is 11.5 Å². The highest BCUT2D eigenvalue weighted by molar-refractivity contribution is 7.08. The Bertz CT molecular complexity index is 419. The van der Waals surface area contributed by atoms with Gasteiger partial charge in [0.15, 0.2) is 11.7 Å². The van der Waals surface area contributed by atoms with E-state index in [1.807, 2.05) is 0 Å². The molecule has 74 valence electrons. The molecule has 0 radical (unpaired) electrons. The average Bonchev–Trinajstić information content (AvgIpc) is 2.74. The number of aryl methyl sites for hydroxylation is 1. The fourth-order valence-corrected chi connectivity index (χ4v) is 2.12. The molecule has 2 rings (SSSR count). The van der Waals surface area contributed by atoms with Crippen LogP contribution >= 0.6 is 11.3 Å². The molecule has 0 fully saturated rings. The standard InChI is InChI=1S/C10H12N2OS/c1-7-5-14-6-8(7)9-4-12-10(13-9)2-3-11/h4-6H,2-3,11H2,1H3.